The standard InChI is InChI=1S/C14H20F2N2O2/c1-9-6-10(14(5,15)16)11(17-7-9)8-18-12(19)20-13(2,3)4/h6-7H,8H2,1-5H3,(H,18,19). The summed E-state index contributed by atoms with van der Waals surface area (Å²) in [6.07, 6.45) is 0.826. The molecule has 0 spiro atoms. The van der Waals surface area contributed by atoms with Crippen LogP contribution in [0.15, 0.2) is 12.3 Å². The molecule has 20 heavy (non-hydrogen) atoms. The van der Waals surface area contributed by atoms with E-state index in [0.29, 0.717) is 5.56 Å². The molecule has 0 radical (unpaired) electrons. The van der Waals surface area contributed by atoms with Gasteiger partial charge in [0.25, 0.3) is 5.92 Å². The van der Waals surface area contributed by atoms with E-state index in [9.17, 15) is 13.6 Å². The highest BCUT2D eigenvalue weighted by atomic mass is 19.3. The number of aromatic nitrogens is 1. The van der Waals surface area contributed by atoms with Crippen LogP contribution in [0.25, 0.3) is 0 Å². The fourth-order valence-corrected chi connectivity index (χ4v) is 1.59. The van der Waals surface area contributed by atoms with Crippen molar-refractivity contribution in [2.45, 2.75) is 52.7 Å². The summed E-state index contributed by atoms with van der Waals surface area (Å²) in [5.74, 6) is -3.01. The Morgan fingerprint density at radius 2 is 1.95 bits per heavy atom. The average Bonchev–Trinajstić information content (AvgIpc) is 2.23. The number of ether oxygens (including phenoxy) is 1. The topological polar surface area (TPSA) is 51.2 Å². The number of rotatable bonds is 3. The number of alkyl carbamates (subject to hydrolysis) is 1. The van der Waals surface area contributed by atoms with Gasteiger partial charge in [-0.25, -0.2) is 13.6 Å². The molecule has 0 saturated heterocycles. The van der Waals surface area contributed by atoms with Crippen LogP contribution in [0.4, 0.5) is 13.6 Å². The van der Waals surface area contributed by atoms with Crippen LogP contribution in [0, 0.1) is 6.92 Å². The van der Waals surface area contributed by atoms with E-state index in [2.05, 4.69) is 10.3 Å². The van der Waals surface area contributed by atoms with Crippen LogP contribution < -0.4 is 5.32 Å². The molecule has 0 aliphatic carbocycles. The quantitative estimate of drug-likeness (QED) is 0.924. The molecule has 0 atom stereocenters. The zero-order valence-corrected chi connectivity index (χ0v) is 12.4. The normalized spacial score (nSPS) is 12.2. The van der Waals surface area contributed by atoms with Crippen LogP contribution in [0.2, 0.25) is 0 Å². The van der Waals surface area contributed by atoms with Crippen molar-refractivity contribution in [1.82, 2.24) is 10.3 Å². The highest BCUT2D eigenvalue weighted by molar-refractivity contribution is 5.67. The van der Waals surface area contributed by atoms with Gasteiger partial charge in [-0.2, -0.15) is 0 Å². The van der Waals surface area contributed by atoms with E-state index in [1.165, 1.54) is 12.3 Å². The Morgan fingerprint density at radius 3 is 2.45 bits per heavy atom. The third kappa shape index (κ3) is 5.11. The molecule has 0 bridgehead atoms. The number of halogens is 2. The van der Waals surface area contributed by atoms with Crippen molar-refractivity contribution in [3.05, 3.63) is 29.1 Å². The van der Waals surface area contributed by atoms with Gasteiger partial charge in [0.05, 0.1) is 12.2 Å². The minimum Gasteiger partial charge on any atom is -0.444 e. The predicted octanol–water partition coefficient (Wildman–Crippen LogP) is 3.53. The van der Waals surface area contributed by atoms with E-state index in [4.69, 9.17) is 4.74 Å². The number of pyridine rings is 1. The van der Waals surface area contributed by atoms with Crippen LogP contribution in [-0.2, 0) is 17.2 Å². The molecule has 1 aromatic rings. The zero-order chi connectivity index (χ0) is 15.6. The summed E-state index contributed by atoms with van der Waals surface area (Å²) >= 11 is 0. The van der Waals surface area contributed by atoms with Gasteiger partial charge < -0.3 is 10.1 Å². The summed E-state index contributed by atoms with van der Waals surface area (Å²) in [5, 5.41) is 2.43. The fraction of sp³-hybridized carbons (Fsp3) is 0.571. The molecule has 1 N–H and O–H groups in total. The lowest BCUT2D eigenvalue weighted by Gasteiger charge is -2.20. The molecule has 0 aromatic carbocycles. The molecule has 6 heteroatoms. The van der Waals surface area contributed by atoms with E-state index in [1.54, 1.807) is 27.7 Å². The summed E-state index contributed by atoms with van der Waals surface area (Å²) in [6, 6.07) is 1.37. The molecule has 0 aliphatic heterocycles. The molecule has 0 unspecified atom stereocenters. The monoisotopic (exact) mass is 286 g/mol. The Balaban J connectivity index is 2.81. The number of aryl methyl sites for hydroxylation is 1. The molecule has 0 aliphatic rings. The van der Waals surface area contributed by atoms with Crippen LogP contribution in [0.5, 0.6) is 0 Å². The number of nitrogens with zero attached hydrogens (tertiary/aromatic N) is 1. The van der Waals surface area contributed by atoms with Gasteiger partial charge in [0.2, 0.25) is 0 Å². The fourth-order valence-electron chi connectivity index (χ4n) is 1.59. The zero-order valence-electron chi connectivity index (χ0n) is 12.4. The van der Waals surface area contributed by atoms with Crippen molar-refractivity contribution in [2.24, 2.45) is 0 Å². The van der Waals surface area contributed by atoms with E-state index >= 15 is 0 Å². The second-order valence-electron chi connectivity index (χ2n) is 5.75. The minimum atomic E-state index is -3.01. The Bertz CT molecular complexity index is 491. The molecular weight excluding hydrogens is 266 g/mol. The largest absolute Gasteiger partial charge is 0.444 e. The maximum absolute atomic E-state index is 13.5. The first-order valence-corrected chi connectivity index (χ1v) is 6.30. The molecule has 1 aromatic heterocycles. The highest BCUT2D eigenvalue weighted by Gasteiger charge is 2.28. The molecule has 0 saturated carbocycles. The number of carbonyl (C=O) groups excluding carboxylic acids is 1. The van der Waals surface area contributed by atoms with E-state index in [-0.39, 0.29) is 17.8 Å². The molecule has 1 rings (SSSR count). The first kappa shape index (κ1) is 16.3. The second-order valence-corrected chi connectivity index (χ2v) is 5.75. The average molecular weight is 286 g/mol. The smallest absolute Gasteiger partial charge is 0.407 e. The Morgan fingerprint density at radius 1 is 1.35 bits per heavy atom. The van der Waals surface area contributed by atoms with E-state index in [0.717, 1.165) is 6.92 Å². The van der Waals surface area contributed by atoms with Crippen LogP contribution in [0.3, 0.4) is 0 Å². The maximum atomic E-state index is 13.5. The molecular formula is C14H20F2N2O2. The lowest BCUT2D eigenvalue weighted by Crippen LogP contribution is -2.33. The first-order valence-electron chi connectivity index (χ1n) is 6.30. The van der Waals surface area contributed by atoms with Crippen molar-refractivity contribution in [3.8, 4) is 0 Å². The Kier molecular flexibility index (Phi) is 4.68. The van der Waals surface area contributed by atoms with Crippen molar-refractivity contribution in [2.75, 3.05) is 0 Å². The van der Waals surface area contributed by atoms with Gasteiger partial charge in [-0.3, -0.25) is 4.98 Å². The summed E-state index contributed by atoms with van der Waals surface area (Å²) in [5.41, 5.74) is -0.0486. The van der Waals surface area contributed by atoms with Crippen LogP contribution >= 0.6 is 0 Å². The van der Waals surface area contributed by atoms with Crippen molar-refractivity contribution in [1.29, 1.82) is 0 Å². The summed E-state index contributed by atoms with van der Waals surface area (Å²) in [7, 11) is 0. The number of carbonyl (C=O) groups is 1. The highest BCUT2D eigenvalue weighted by Crippen LogP contribution is 2.29. The maximum Gasteiger partial charge on any atom is 0.407 e. The van der Waals surface area contributed by atoms with Gasteiger partial charge in [0.15, 0.2) is 0 Å². The van der Waals surface area contributed by atoms with Gasteiger partial charge in [-0.1, -0.05) is 0 Å². The van der Waals surface area contributed by atoms with Crippen LogP contribution in [-0.4, -0.2) is 16.7 Å². The SMILES string of the molecule is Cc1cnc(CNC(=O)OC(C)(C)C)c(C(C)(F)F)c1. The number of nitrogens with one attached hydrogen (secondary N) is 1. The predicted molar refractivity (Wildman–Crippen MR) is 71.6 cm³/mol. The number of amides is 1. The molecule has 1 amide bonds. The van der Waals surface area contributed by atoms with Crippen molar-refractivity contribution >= 4 is 6.09 Å². The molecule has 112 valence electrons. The molecule has 0 fully saturated rings. The van der Waals surface area contributed by atoms with Gasteiger partial charge >= 0.3 is 6.09 Å². The minimum absolute atomic E-state index is 0.103. The van der Waals surface area contributed by atoms with E-state index in [1.807, 2.05) is 0 Å². The second kappa shape index (κ2) is 5.73. The lowest BCUT2D eigenvalue weighted by molar-refractivity contribution is 0.0155. The van der Waals surface area contributed by atoms with Gasteiger partial charge in [0, 0.05) is 18.7 Å². The number of alkyl halides is 2. The van der Waals surface area contributed by atoms with Crippen molar-refractivity contribution in [3.63, 3.8) is 0 Å². The lowest BCUT2D eigenvalue weighted by atomic mass is 10.1. The first-order chi connectivity index (χ1) is 8.99. The molecule has 1 heterocycles. The van der Waals surface area contributed by atoms with Gasteiger partial charge in [-0.15, -0.1) is 0 Å². The van der Waals surface area contributed by atoms with Crippen LogP contribution in [0.1, 0.15) is 44.5 Å². The Labute approximate surface area is 117 Å². The van der Waals surface area contributed by atoms with Crippen molar-refractivity contribution < 1.29 is 18.3 Å². The summed E-state index contributed by atoms with van der Waals surface area (Å²) < 4.78 is 32.1. The van der Waals surface area contributed by atoms with E-state index < -0.39 is 17.6 Å². The number of hydrogen-bond acceptors (Lipinski definition) is 3. The van der Waals surface area contributed by atoms with Gasteiger partial charge in [-0.05, 0) is 39.3 Å². The van der Waals surface area contributed by atoms with Gasteiger partial charge in [0.1, 0.15) is 5.60 Å². The number of hydrogen-bond donors (Lipinski definition) is 1. The summed E-state index contributed by atoms with van der Waals surface area (Å²) in [6.45, 7) is 7.56. The molecule has 4 nitrogen and oxygen atoms in total. The third-order valence-corrected chi connectivity index (χ3v) is 2.38. The third-order valence-electron chi connectivity index (χ3n) is 2.38. The Hall–Kier alpha value is -1.72. The summed E-state index contributed by atoms with van der Waals surface area (Å²) in [4.78, 5) is 15.5.